The standard InChI is InChI=1S/C12H16N2O3S/c1-17-11(15)7-14(9-4-2-3-5-9)12(16)10-6-13-8-18-10/h6,8-9H,2-5,7H2,1H3. The smallest absolute Gasteiger partial charge is 0.325 e. The van der Waals surface area contributed by atoms with Crippen LogP contribution >= 0.6 is 11.3 Å². The van der Waals surface area contributed by atoms with Crippen molar-refractivity contribution in [2.45, 2.75) is 31.7 Å². The van der Waals surface area contributed by atoms with Crippen LogP contribution in [-0.2, 0) is 9.53 Å². The van der Waals surface area contributed by atoms with Crippen LogP contribution in [0, 0.1) is 0 Å². The molecule has 1 aromatic rings. The molecule has 1 aliphatic carbocycles. The third-order valence-corrected chi connectivity index (χ3v) is 3.96. The van der Waals surface area contributed by atoms with E-state index >= 15 is 0 Å². The molecule has 0 aliphatic heterocycles. The molecule has 0 atom stereocenters. The van der Waals surface area contributed by atoms with Crippen molar-refractivity contribution in [1.29, 1.82) is 0 Å². The van der Waals surface area contributed by atoms with Crippen LogP contribution in [0.4, 0.5) is 0 Å². The molecule has 0 bridgehead atoms. The minimum absolute atomic E-state index is 0.0257. The lowest BCUT2D eigenvalue weighted by Crippen LogP contribution is -2.42. The van der Waals surface area contributed by atoms with Crippen LogP contribution in [0.2, 0.25) is 0 Å². The highest BCUT2D eigenvalue weighted by atomic mass is 32.1. The number of esters is 1. The van der Waals surface area contributed by atoms with Gasteiger partial charge in [0, 0.05) is 6.04 Å². The van der Waals surface area contributed by atoms with E-state index in [-0.39, 0.29) is 24.5 Å². The van der Waals surface area contributed by atoms with Crippen molar-refractivity contribution < 1.29 is 14.3 Å². The summed E-state index contributed by atoms with van der Waals surface area (Å²) >= 11 is 1.30. The fourth-order valence-corrected chi connectivity index (χ4v) is 2.82. The number of nitrogens with zero attached hydrogens (tertiary/aromatic N) is 2. The van der Waals surface area contributed by atoms with E-state index in [1.54, 1.807) is 16.6 Å². The maximum Gasteiger partial charge on any atom is 0.325 e. The maximum atomic E-state index is 12.3. The van der Waals surface area contributed by atoms with Crippen LogP contribution in [0.15, 0.2) is 11.7 Å². The number of carbonyl (C=O) groups is 2. The van der Waals surface area contributed by atoms with Crippen LogP contribution in [0.1, 0.15) is 35.4 Å². The van der Waals surface area contributed by atoms with E-state index in [0.717, 1.165) is 25.7 Å². The first-order valence-electron chi connectivity index (χ1n) is 5.98. The van der Waals surface area contributed by atoms with Crippen LogP contribution < -0.4 is 0 Å². The Hall–Kier alpha value is -1.43. The van der Waals surface area contributed by atoms with E-state index in [1.807, 2.05) is 0 Å². The number of rotatable bonds is 4. The second kappa shape index (κ2) is 5.95. The first-order chi connectivity index (χ1) is 8.72. The molecule has 18 heavy (non-hydrogen) atoms. The van der Waals surface area contributed by atoms with Crippen LogP contribution in [0.25, 0.3) is 0 Å². The summed E-state index contributed by atoms with van der Waals surface area (Å²) in [7, 11) is 1.34. The highest BCUT2D eigenvalue weighted by molar-refractivity contribution is 7.11. The summed E-state index contributed by atoms with van der Waals surface area (Å²) in [6, 6.07) is 0.152. The molecule has 0 N–H and O–H groups in total. The highest BCUT2D eigenvalue weighted by Crippen LogP contribution is 2.25. The van der Waals surface area contributed by atoms with Gasteiger partial charge >= 0.3 is 5.97 Å². The molecule has 0 spiro atoms. The molecule has 0 unspecified atom stereocenters. The van der Waals surface area contributed by atoms with Crippen LogP contribution in [0.5, 0.6) is 0 Å². The van der Waals surface area contributed by atoms with Crippen LogP contribution in [-0.4, -0.2) is 41.5 Å². The van der Waals surface area contributed by atoms with E-state index in [2.05, 4.69) is 9.72 Å². The van der Waals surface area contributed by atoms with E-state index < -0.39 is 0 Å². The minimum atomic E-state index is -0.375. The van der Waals surface area contributed by atoms with Crippen molar-refractivity contribution in [1.82, 2.24) is 9.88 Å². The highest BCUT2D eigenvalue weighted by Gasteiger charge is 2.29. The van der Waals surface area contributed by atoms with Gasteiger partial charge in [-0.1, -0.05) is 12.8 Å². The predicted octanol–water partition coefficient (Wildman–Crippen LogP) is 1.70. The first kappa shape index (κ1) is 13.0. The van der Waals surface area contributed by atoms with Crippen molar-refractivity contribution in [3.05, 3.63) is 16.6 Å². The number of thiazole rings is 1. The Kier molecular flexibility index (Phi) is 4.30. The molecular formula is C12H16N2O3S. The summed E-state index contributed by atoms with van der Waals surface area (Å²) < 4.78 is 4.66. The summed E-state index contributed by atoms with van der Waals surface area (Å²) in [5.41, 5.74) is 1.62. The van der Waals surface area contributed by atoms with Gasteiger partial charge in [0.2, 0.25) is 0 Å². The molecule has 5 nitrogen and oxygen atoms in total. The molecule has 0 radical (unpaired) electrons. The topological polar surface area (TPSA) is 59.5 Å². The lowest BCUT2D eigenvalue weighted by molar-refractivity contribution is -0.141. The minimum Gasteiger partial charge on any atom is -0.468 e. The zero-order valence-electron chi connectivity index (χ0n) is 10.3. The quantitative estimate of drug-likeness (QED) is 0.780. The van der Waals surface area contributed by atoms with Gasteiger partial charge < -0.3 is 9.64 Å². The van der Waals surface area contributed by atoms with Gasteiger partial charge in [-0.25, -0.2) is 0 Å². The Morgan fingerprint density at radius 2 is 2.22 bits per heavy atom. The monoisotopic (exact) mass is 268 g/mol. The summed E-state index contributed by atoms with van der Waals surface area (Å²) in [5.74, 6) is -0.491. The van der Waals surface area contributed by atoms with Gasteiger partial charge in [0.05, 0.1) is 18.8 Å². The lowest BCUT2D eigenvalue weighted by Gasteiger charge is -2.27. The second-order valence-corrected chi connectivity index (χ2v) is 5.20. The number of methoxy groups -OCH3 is 1. The average Bonchev–Trinajstić information content (AvgIpc) is 3.06. The molecule has 1 heterocycles. The first-order valence-corrected chi connectivity index (χ1v) is 6.86. The van der Waals surface area contributed by atoms with Gasteiger partial charge in [-0.3, -0.25) is 14.6 Å². The lowest BCUT2D eigenvalue weighted by atomic mass is 10.2. The van der Waals surface area contributed by atoms with E-state index in [0.29, 0.717) is 4.88 Å². The molecular weight excluding hydrogens is 252 g/mol. The number of aromatic nitrogens is 1. The summed E-state index contributed by atoms with van der Waals surface area (Å²) in [6.45, 7) is 0.0257. The molecule has 2 rings (SSSR count). The molecule has 98 valence electrons. The maximum absolute atomic E-state index is 12.3. The number of carbonyl (C=O) groups excluding carboxylic acids is 2. The molecule has 1 amide bonds. The molecule has 1 aromatic heterocycles. The normalized spacial score (nSPS) is 15.6. The van der Waals surface area contributed by atoms with Crippen molar-refractivity contribution in [3.63, 3.8) is 0 Å². The van der Waals surface area contributed by atoms with Crippen molar-refractivity contribution >= 4 is 23.2 Å². The van der Waals surface area contributed by atoms with Gasteiger partial charge in [0.1, 0.15) is 11.4 Å². The molecule has 1 aliphatic rings. The van der Waals surface area contributed by atoms with E-state index in [1.165, 1.54) is 18.4 Å². The number of ether oxygens (including phenoxy) is 1. The molecule has 6 heteroatoms. The Morgan fingerprint density at radius 1 is 1.50 bits per heavy atom. The summed E-state index contributed by atoms with van der Waals surface area (Å²) in [4.78, 5) is 29.9. The third-order valence-electron chi connectivity index (χ3n) is 3.20. The Bertz CT molecular complexity index is 413. The Morgan fingerprint density at radius 3 is 2.78 bits per heavy atom. The molecule has 1 fully saturated rings. The molecule has 1 saturated carbocycles. The van der Waals surface area contributed by atoms with Crippen molar-refractivity contribution in [3.8, 4) is 0 Å². The summed E-state index contributed by atoms with van der Waals surface area (Å²) in [6.07, 6.45) is 5.69. The molecule has 0 saturated heterocycles. The van der Waals surface area contributed by atoms with Crippen molar-refractivity contribution in [2.24, 2.45) is 0 Å². The van der Waals surface area contributed by atoms with E-state index in [9.17, 15) is 9.59 Å². The zero-order chi connectivity index (χ0) is 13.0. The van der Waals surface area contributed by atoms with Gasteiger partial charge in [0.15, 0.2) is 0 Å². The average molecular weight is 268 g/mol. The predicted molar refractivity (Wildman–Crippen MR) is 67.4 cm³/mol. The summed E-state index contributed by atoms with van der Waals surface area (Å²) in [5, 5.41) is 0. The largest absolute Gasteiger partial charge is 0.468 e. The van der Waals surface area contributed by atoms with Gasteiger partial charge in [0.25, 0.3) is 5.91 Å². The fourth-order valence-electron chi connectivity index (χ4n) is 2.25. The van der Waals surface area contributed by atoms with Gasteiger partial charge in [-0.15, -0.1) is 11.3 Å². The van der Waals surface area contributed by atoms with Gasteiger partial charge in [-0.2, -0.15) is 0 Å². The third kappa shape index (κ3) is 2.87. The number of hydrogen-bond donors (Lipinski definition) is 0. The molecule has 0 aromatic carbocycles. The van der Waals surface area contributed by atoms with Crippen LogP contribution in [0.3, 0.4) is 0 Å². The second-order valence-electron chi connectivity index (χ2n) is 4.31. The SMILES string of the molecule is COC(=O)CN(C(=O)c1cncs1)C1CCCC1. The fraction of sp³-hybridized carbons (Fsp3) is 0.583. The zero-order valence-corrected chi connectivity index (χ0v) is 11.1. The van der Waals surface area contributed by atoms with E-state index in [4.69, 9.17) is 0 Å². The Balaban J connectivity index is 2.13. The number of amides is 1. The van der Waals surface area contributed by atoms with Gasteiger partial charge in [-0.05, 0) is 12.8 Å². The number of hydrogen-bond acceptors (Lipinski definition) is 5. The Labute approximate surface area is 110 Å². The van der Waals surface area contributed by atoms with Crippen molar-refractivity contribution in [2.75, 3.05) is 13.7 Å².